The van der Waals surface area contributed by atoms with Crippen LogP contribution in [0, 0.1) is 5.82 Å². The number of benzene rings is 1. The van der Waals surface area contributed by atoms with Crippen molar-refractivity contribution in [1.82, 2.24) is 0 Å². The number of fused-ring (bicyclic) bond motifs is 1. The molecule has 1 aromatic rings. The number of rotatable bonds is 2. The van der Waals surface area contributed by atoms with Crippen LogP contribution >= 0.6 is 0 Å². The van der Waals surface area contributed by atoms with E-state index in [2.05, 4.69) is 0 Å². The lowest BCUT2D eigenvalue weighted by molar-refractivity contribution is -0.00671. The summed E-state index contributed by atoms with van der Waals surface area (Å²) in [5, 5.41) is 18.1. The molecule has 0 amide bonds. The third kappa shape index (κ3) is 1.91. The molecule has 0 unspecified atom stereocenters. The standard InChI is InChI=1S/C11H11FO4/c12-6-1-2-10-7(3-6)8(14)4-11(16-10)9(15)5-13/h1-3,9,11,13,15H,4-5H2/t9-,11+/m0/s1. The van der Waals surface area contributed by atoms with Crippen LogP contribution in [0.25, 0.3) is 0 Å². The Labute approximate surface area is 91.3 Å². The number of ether oxygens (including phenoxy) is 1. The number of carbonyl (C=O) groups is 1. The molecule has 86 valence electrons. The third-order valence-electron chi connectivity index (χ3n) is 2.52. The Balaban J connectivity index is 2.30. The van der Waals surface area contributed by atoms with Gasteiger partial charge in [0.25, 0.3) is 0 Å². The molecule has 0 aromatic heterocycles. The number of hydrogen-bond acceptors (Lipinski definition) is 4. The van der Waals surface area contributed by atoms with Crippen molar-refractivity contribution < 1.29 is 24.1 Å². The van der Waals surface area contributed by atoms with E-state index in [-0.39, 0.29) is 23.5 Å². The van der Waals surface area contributed by atoms with E-state index < -0.39 is 24.6 Å². The summed E-state index contributed by atoms with van der Waals surface area (Å²) in [6.45, 7) is -0.478. The van der Waals surface area contributed by atoms with Gasteiger partial charge in [-0.2, -0.15) is 0 Å². The lowest BCUT2D eigenvalue weighted by Gasteiger charge is -2.27. The van der Waals surface area contributed by atoms with Crippen LogP contribution < -0.4 is 4.74 Å². The van der Waals surface area contributed by atoms with Crippen molar-refractivity contribution in [2.75, 3.05) is 6.61 Å². The predicted molar refractivity (Wildman–Crippen MR) is 52.9 cm³/mol. The summed E-state index contributed by atoms with van der Waals surface area (Å²) in [7, 11) is 0. The second kappa shape index (κ2) is 4.19. The fourth-order valence-electron chi connectivity index (χ4n) is 1.65. The molecule has 0 fully saturated rings. The Kier molecular flexibility index (Phi) is 2.89. The average Bonchev–Trinajstić information content (AvgIpc) is 2.28. The zero-order valence-electron chi connectivity index (χ0n) is 8.39. The number of carbonyl (C=O) groups excluding carboxylic acids is 1. The molecule has 1 aromatic carbocycles. The van der Waals surface area contributed by atoms with Crippen LogP contribution in [0.5, 0.6) is 5.75 Å². The van der Waals surface area contributed by atoms with Gasteiger partial charge in [-0.25, -0.2) is 4.39 Å². The van der Waals surface area contributed by atoms with E-state index in [0.29, 0.717) is 0 Å². The van der Waals surface area contributed by atoms with Crippen LogP contribution in [-0.2, 0) is 0 Å². The smallest absolute Gasteiger partial charge is 0.170 e. The van der Waals surface area contributed by atoms with E-state index in [4.69, 9.17) is 9.84 Å². The zero-order valence-corrected chi connectivity index (χ0v) is 8.39. The van der Waals surface area contributed by atoms with Crippen molar-refractivity contribution in [2.45, 2.75) is 18.6 Å². The largest absolute Gasteiger partial charge is 0.486 e. The molecule has 0 spiro atoms. The zero-order chi connectivity index (χ0) is 11.7. The lowest BCUT2D eigenvalue weighted by atomic mass is 9.98. The molecule has 2 atom stereocenters. The monoisotopic (exact) mass is 226 g/mol. The van der Waals surface area contributed by atoms with E-state index in [1.54, 1.807) is 0 Å². The number of hydrogen-bond donors (Lipinski definition) is 2. The topological polar surface area (TPSA) is 66.8 Å². The second-order valence-corrected chi connectivity index (χ2v) is 3.67. The number of Topliss-reactive ketones (excluding diaryl/α,β-unsaturated/α-hetero) is 1. The van der Waals surface area contributed by atoms with Crippen LogP contribution in [-0.4, -0.2) is 34.8 Å². The molecule has 0 saturated heterocycles. The maximum absolute atomic E-state index is 12.9. The van der Waals surface area contributed by atoms with Gasteiger partial charge in [-0.05, 0) is 18.2 Å². The molecule has 2 rings (SSSR count). The number of halogens is 1. The minimum atomic E-state index is -1.11. The van der Waals surface area contributed by atoms with Crippen LogP contribution in [0.4, 0.5) is 4.39 Å². The van der Waals surface area contributed by atoms with E-state index >= 15 is 0 Å². The van der Waals surface area contributed by atoms with Crippen LogP contribution in [0.15, 0.2) is 18.2 Å². The first-order chi connectivity index (χ1) is 7.61. The molecule has 1 heterocycles. The van der Waals surface area contributed by atoms with Crippen molar-refractivity contribution in [2.24, 2.45) is 0 Å². The second-order valence-electron chi connectivity index (χ2n) is 3.67. The molecular formula is C11H11FO4. The van der Waals surface area contributed by atoms with Crippen molar-refractivity contribution in [3.05, 3.63) is 29.6 Å². The molecule has 0 saturated carbocycles. The number of ketones is 1. The fourth-order valence-corrected chi connectivity index (χ4v) is 1.65. The Morgan fingerprint density at radius 3 is 3.00 bits per heavy atom. The van der Waals surface area contributed by atoms with Gasteiger partial charge < -0.3 is 14.9 Å². The van der Waals surface area contributed by atoms with Crippen LogP contribution in [0.3, 0.4) is 0 Å². The summed E-state index contributed by atoms with van der Waals surface area (Å²) >= 11 is 0. The van der Waals surface area contributed by atoms with Gasteiger partial charge >= 0.3 is 0 Å². The summed E-state index contributed by atoms with van der Waals surface area (Å²) in [4.78, 5) is 11.6. The highest BCUT2D eigenvalue weighted by atomic mass is 19.1. The van der Waals surface area contributed by atoms with Gasteiger partial charge in [-0.1, -0.05) is 0 Å². The fraction of sp³-hybridized carbons (Fsp3) is 0.364. The molecule has 2 N–H and O–H groups in total. The SMILES string of the molecule is O=C1C[C@H]([C@@H](O)CO)Oc2ccc(F)cc21. The number of aliphatic hydroxyl groups is 2. The minimum absolute atomic E-state index is 0.0574. The van der Waals surface area contributed by atoms with E-state index in [9.17, 15) is 14.3 Å². The Morgan fingerprint density at radius 1 is 1.56 bits per heavy atom. The van der Waals surface area contributed by atoms with E-state index in [0.717, 1.165) is 6.07 Å². The highest BCUT2D eigenvalue weighted by Gasteiger charge is 2.31. The minimum Gasteiger partial charge on any atom is -0.486 e. The first-order valence-corrected chi connectivity index (χ1v) is 4.90. The van der Waals surface area contributed by atoms with Gasteiger partial charge in [0, 0.05) is 0 Å². The Hall–Kier alpha value is -1.46. The maximum Gasteiger partial charge on any atom is 0.170 e. The third-order valence-corrected chi connectivity index (χ3v) is 2.52. The molecule has 16 heavy (non-hydrogen) atoms. The van der Waals surface area contributed by atoms with Crippen molar-refractivity contribution in [1.29, 1.82) is 0 Å². The summed E-state index contributed by atoms with van der Waals surface area (Å²) in [5.74, 6) is -0.551. The van der Waals surface area contributed by atoms with Gasteiger partial charge in [-0.3, -0.25) is 4.79 Å². The first-order valence-electron chi connectivity index (χ1n) is 4.90. The van der Waals surface area contributed by atoms with Crippen LogP contribution in [0.1, 0.15) is 16.8 Å². The van der Waals surface area contributed by atoms with Gasteiger partial charge in [0.05, 0.1) is 18.6 Å². The molecule has 4 nitrogen and oxygen atoms in total. The first kappa shape index (κ1) is 11.0. The molecule has 1 aliphatic heterocycles. The molecular weight excluding hydrogens is 215 g/mol. The Morgan fingerprint density at radius 2 is 2.31 bits per heavy atom. The Bertz CT molecular complexity index is 418. The van der Waals surface area contributed by atoms with E-state index in [1.165, 1.54) is 12.1 Å². The molecule has 1 aliphatic rings. The van der Waals surface area contributed by atoms with Gasteiger partial charge in [-0.15, -0.1) is 0 Å². The lowest BCUT2D eigenvalue weighted by Crippen LogP contribution is -2.39. The summed E-state index contributed by atoms with van der Waals surface area (Å²) in [6, 6.07) is 3.64. The average molecular weight is 226 g/mol. The van der Waals surface area contributed by atoms with Gasteiger partial charge in [0.15, 0.2) is 5.78 Å². The summed E-state index contributed by atoms with van der Waals surface area (Å²) in [5.41, 5.74) is 0.182. The normalized spacial score (nSPS) is 21.2. The van der Waals surface area contributed by atoms with Crippen molar-refractivity contribution >= 4 is 5.78 Å². The summed E-state index contributed by atoms with van der Waals surface area (Å²) in [6.07, 6.45) is -1.93. The van der Waals surface area contributed by atoms with Crippen LogP contribution in [0.2, 0.25) is 0 Å². The highest BCUT2D eigenvalue weighted by Crippen LogP contribution is 2.29. The van der Waals surface area contributed by atoms with E-state index in [1.807, 2.05) is 0 Å². The maximum atomic E-state index is 12.9. The number of aliphatic hydroxyl groups excluding tert-OH is 2. The molecule has 5 heteroatoms. The quantitative estimate of drug-likeness (QED) is 0.771. The summed E-state index contributed by atoms with van der Waals surface area (Å²) < 4.78 is 18.2. The van der Waals surface area contributed by atoms with Gasteiger partial charge in [0.1, 0.15) is 23.8 Å². The predicted octanol–water partition coefficient (Wildman–Crippen LogP) is 0.513. The molecule has 0 radical (unpaired) electrons. The van der Waals surface area contributed by atoms with Crippen molar-refractivity contribution in [3.63, 3.8) is 0 Å². The highest BCUT2D eigenvalue weighted by molar-refractivity contribution is 5.99. The molecule has 0 aliphatic carbocycles. The van der Waals surface area contributed by atoms with Crippen molar-refractivity contribution in [3.8, 4) is 5.75 Å². The molecule has 0 bridgehead atoms. The van der Waals surface area contributed by atoms with Gasteiger partial charge in [0.2, 0.25) is 0 Å².